The van der Waals surface area contributed by atoms with Crippen LogP contribution in [0.5, 0.6) is 0 Å². The van der Waals surface area contributed by atoms with E-state index < -0.39 is 0 Å². The summed E-state index contributed by atoms with van der Waals surface area (Å²) in [6, 6.07) is 12.5. The minimum atomic E-state index is -0.223. The molecule has 0 fully saturated rings. The zero-order valence-corrected chi connectivity index (χ0v) is 13.8. The van der Waals surface area contributed by atoms with Gasteiger partial charge in [0.25, 0.3) is 0 Å². The van der Waals surface area contributed by atoms with E-state index in [2.05, 4.69) is 5.32 Å². The fourth-order valence-corrected chi connectivity index (χ4v) is 2.62. The quantitative estimate of drug-likeness (QED) is 0.686. The van der Waals surface area contributed by atoms with Crippen LogP contribution < -0.4 is 23.4 Å². The Morgan fingerprint density at radius 2 is 1.48 bits per heavy atom. The summed E-state index contributed by atoms with van der Waals surface area (Å²) in [7, 11) is 3.55. The van der Waals surface area contributed by atoms with E-state index in [1.807, 2.05) is 18.2 Å². The standard InChI is InChI=1S/C17H18FN3O.ClH/c1-20-15-8-5-13(9-16(15)21(2)17(20)22)11-19-10-12-3-6-14(18)7-4-12;/h3-9,19H,10-11H2,1-2H3;1H/p-1. The summed E-state index contributed by atoms with van der Waals surface area (Å²) in [6.45, 7) is 1.36. The van der Waals surface area contributed by atoms with Gasteiger partial charge in [0.15, 0.2) is 0 Å². The SMILES string of the molecule is Cn1c(=O)n(C)c2cc(CNCc3ccc(F)cc3)ccc21.[Cl-]. The molecule has 122 valence electrons. The number of hydrogen-bond donors (Lipinski definition) is 1. The van der Waals surface area contributed by atoms with Gasteiger partial charge in [-0.15, -0.1) is 0 Å². The molecule has 0 radical (unpaired) electrons. The first-order valence-electron chi connectivity index (χ1n) is 7.16. The van der Waals surface area contributed by atoms with Gasteiger partial charge in [-0.25, -0.2) is 9.18 Å². The summed E-state index contributed by atoms with van der Waals surface area (Å²) in [5.41, 5.74) is 3.97. The van der Waals surface area contributed by atoms with Crippen molar-refractivity contribution in [2.75, 3.05) is 0 Å². The van der Waals surface area contributed by atoms with Gasteiger partial charge < -0.3 is 17.7 Å². The number of rotatable bonds is 4. The molecule has 0 bridgehead atoms. The van der Waals surface area contributed by atoms with E-state index in [1.165, 1.54) is 12.1 Å². The molecule has 0 amide bonds. The third kappa shape index (κ3) is 3.46. The summed E-state index contributed by atoms with van der Waals surface area (Å²) >= 11 is 0. The molecule has 23 heavy (non-hydrogen) atoms. The van der Waals surface area contributed by atoms with Gasteiger partial charge in [-0.2, -0.15) is 0 Å². The average Bonchev–Trinajstić information content (AvgIpc) is 2.74. The van der Waals surface area contributed by atoms with Gasteiger partial charge in [0, 0.05) is 27.2 Å². The van der Waals surface area contributed by atoms with E-state index >= 15 is 0 Å². The molecule has 0 unspecified atom stereocenters. The molecule has 4 nitrogen and oxygen atoms in total. The maximum Gasteiger partial charge on any atom is 0.328 e. The van der Waals surface area contributed by atoms with Crippen LogP contribution >= 0.6 is 0 Å². The first kappa shape index (κ1) is 17.2. The van der Waals surface area contributed by atoms with Gasteiger partial charge in [0.2, 0.25) is 0 Å². The third-order valence-corrected chi connectivity index (χ3v) is 3.91. The molecule has 6 heteroatoms. The Balaban J connectivity index is 0.00000192. The van der Waals surface area contributed by atoms with Crippen LogP contribution in [-0.4, -0.2) is 9.13 Å². The van der Waals surface area contributed by atoms with Gasteiger partial charge in [0.1, 0.15) is 5.82 Å². The second kappa shape index (κ2) is 6.98. The van der Waals surface area contributed by atoms with Crippen molar-refractivity contribution >= 4 is 11.0 Å². The molecule has 2 aromatic carbocycles. The number of nitrogens with zero attached hydrogens (tertiary/aromatic N) is 2. The Hall–Kier alpha value is -2.11. The molecule has 0 atom stereocenters. The molecule has 0 aliphatic carbocycles. The Morgan fingerprint density at radius 1 is 0.913 bits per heavy atom. The van der Waals surface area contributed by atoms with E-state index in [-0.39, 0.29) is 23.9 Å². The summed E-state index contributed by atoms with van der Waals surface area (Å²) in [5.74, 6) is -0.223. The highest BCUT2D eigenvalue weighted by Crippen LogP contribution is 2.14. The first-order valence-corrected chi connectivity index (χ1v) is 7.16. The molecular formula is C17H18ClFN3O-. The van der Waals surface area contributed by atoms with E-state index in [0.29, 0.717) is 13.1 Å². The molecule has 0 saturated heterocycles. The molecule has 0 saturated carbocycles. The van der Waals surface area contributed by atoms with Gasteiger partial charge in [0.05, 0.1) is 11.0 Å². The molecule has 0 aliphatic heterocycles. The number of halogens is 2. The molecule has 1 aromatic heterocycles. The monoisotopic (exact) mass is 334 g/mol. The molecule has 0 spiro atoms. The van der Waals surface area contributed by atoms with E-state index in [4.69, 9.17) is 0 Å². The van der Waals surface area contributed by atoms with E-state index in [0.717, 1.165) is 22.2 Å². The van der Waals surface area contributed by atoms with Crippen LogP contribution in [0.15, 0.2) is 47.3 Å². The second-order valence-electron chi connectivity index (χ2n) is 5.45. The fraction of sp³-hybridized carbons (Fsp3) is 0.235. The Kier molecular flexibility index (Phi) is 5.23. The minimum absolute atomic E-state index is 0. The van der Waals surface area contributed by atoms with Gasteiger partial charge >= 0.3 is 5.69 Å². The highest BCUT2D eigenvalue weighted by atomic mass is 35.5. The van der Waals surface area contributed by atoms with Gasteiger partial charge in [-0.1, -0.05) is 18.2 Å². The number of aromatic nitrogens is 2. The zero-order valence-electron chi connectivity index (χ0n) is 13.0. The predicted octanol–water partition coefficient (Wildman–Crippen LogP) is -0.690. The molecule has 3 rings (SSSR count). The molecular weight excluding hydrogens is 317 g/mol. The summed E-state index contributed by atoms with van der Waals surface area (Å²) in [5, 5.41) is 3.33. The molecule has 0 aliphatic rings. The van der Waals surface area contributed by atoms with Crippen LogP contribution in [0.2, 0.25) is 0 Å². The molecule has 1 heterocycles. The van der Waals surface area contributed by atoms with Crippen molar-refractivity contribution in [3.8, 4) is 0 Å². The second-order valence-corrected chi connectivity index (χ2v) is 5.45. The Bertz CT molecular complexity index is 868. The maximum absolute atomic E-state index is 12.8. The zero-order chi connectivity index (χ0) is 15.7. The lowest BCUT2D eigenvalue weighted by Gasteiger charge is -2.06. The van der Waals surface area contributed by atoms with Crippen molar-refractivity contribution < 1.29 is 16.8 Å². The van der Waals surface area contributed by atoms with Crippen LogP contribution in [0.25, 0.3) is 11.0 Å². The highest BCUT2D eigenvalue weighted by molar-refractivity contribution is 5.76. The van der Waals surface area contributed by atoms with E-state index in [9.17, 15) is 9.18 Å². The lowest BCUT2D eigenvalue weighted by Crippen LogP contribution is -3.00. The smallest absolute Gasteiger partial charge is 0.328 e. The third-order valence-electron chi connectivity index (χ3n) is 3.91. The number of aryl methyl sites for hydroxylation is 2. The summed E-state index contributed by atoms with van der Waals surface area (Å²) in [4.78, 5) is 11.9. The minimum Gasteiger partial charge on any atom is -1.00 e. The van der Waals surface area contributed by atoms with Crippen LogP contribution in [0, 0.1) is 5.82 Å². The number of benzene rings is 2. The van der Waals surface area contributed by atoms with Crippen molar-refractivity contribution in [1.82, 2.24) is 14.5 Å². The predicted molar refractivity (Wildman–Crippen MR) is 85.1 cm³/mol. The first-order chi connectivity index (χ1) is 10.6. The van der Waals surface area contributed by atoms with Gasteiger partial charge in [-0.05, 0) is 35.4 Å². The number of fused-ring (bicyclic) bond motifs is 1. The van der Waals surface area contributed by atoms with E-state index in [1.54, 1.807) is 35.4 Å². The number of imidazole rings is 1. The lowest BCUT2D eigenvalue weighted by molar-refractivity contribution is -0.00000524. The largest absolute Gasteiger partial charge is 1.00 e. The normalized spacial score (nSPS) is 10.7. The number of nitrogens with one attached hydrogen (secondary N) is 1. The highest BCUT2D eigenvalue weighted by Gasteiger charge is 2.07. The fourth-order valence-electron chi connectivity index (χ4n) is 2.62. The van der Waals surface area contributed by atoms with Gasteiger partial charge in [-0.3, -0.25) is 9.13 Å². The van der Waals surface area contributed by atoms with Crippen LogP contribution in [0.4, 0.5) is 4.39 Å². The summed E-state index contributed by atoms with van der Waals surface area (Å²) < 4.78 is 16.1. The average molecular weight is 335 g/mol. The van der Waals surface area contributed by atoms with Crippen LogP contribution in [-0.2, 0) is 27.2 Å². The van der Waals surface area contributed by atoms with Crippen molar-refractivity contribution in [3.05, 3.63) is 69.9 Å². The summed E-state index contributed by atoms with van der Waals surface area (Å²) in [6.07, 6.45) is 0. The van der Waals surface area contributed by atoms with Crippen LogP contribution in [0.1, 0.15) is 11.1 Å². The van der Waals surface area contributed by atoms with Crippen molar-refractivity contribution in [3.63, 3.8) is 0 Å². The topological polar surface area (TPSA) is 39.0 Å². The lowest BCUT2D eigenvalue weighted by atomic mass is 10.2. The van der Waals surface area contributed by atoms with Crippen LogP contribution in [0.3, 0.4) is 0 Å². The number of hydrogen-bond acceptors (Lipinski definition) is 2. The maximum atomic E-state index is 12.8. The van der Waals surface area contributed by atoms with Crippen molar-refractivity contribution in [2.45, 2.75) is 13.1 Å². The Morgan fingerprint density at radius 3 is 2.17 bits per heavy atom. The van der Waals surface area contributed by atoms with Crippen molar-refractivity contribution in [2.24, 2.45) is 14.1 Å². The molecule has 1 N–H and O–H groups in total. The van der Waals surface area contributed by atoms with Crippen molar-refractivity contribution in [1.29, 1.82) is 0 Å². The Labute approximate surface area is 140 Å². The molecule has 3 aromatic rings.